The first-order valence-electron chi connectivity index (χ1n) is 7.04. The first-order valence-corrected chi connectivity index (χ1v) is 7.86. The summed E-state index contributed by atoms with van der Waals surface area (Å²) >= 11 is 1.58. The van der Waals surface area contributed by atoms with Gasteiger partial charge in [0.2, 0.25) is 0 Å². The van der Waals surface area contributed by atoms with Crippen molar-refractivity contribution in [3.8, 4) is 0 Å². The van der Waals surface area contributed by atoms with Crippen LogP contribution in [0.3, 0.4) is 0 Å². The second-order valence-electron chi connectivity index (χ2n) is 5.19. The van der Waals surface area contributed by atoms with Crippen LogP contribution in [0.5, 0.6) is 0 Å². The van der Waals surface area contributed by atoms with E-state index in [1.807, 2.05) is 19.9 Å². The summed E-state index contributed by atoms with van der Waals surface area (Å²) in [5, 5.41) is 12.3. The van der Waals surface area contributed by atoms with E-state index in [0.29, 0.717) is 6.42 Å². The van der Waals surface area contributed by atoms with Gasteiger partial charge in [0.05, 0.1) is 17.0 Å². The Morgan fingerprint density at radius 1 is 1.42 bits per heavy atom. The SMILES string of the molecule is CCCc1sc(C(=O)NC(C)(CC)CO)cc1CC. The third kappa shape index (κ3) is 4.05. The third-order valence-corrected chi connectivity index (χ3v) is 4.76. The molecule has 0 fully saturated rings. The van der Waals surface area contributed by atoms with Crippen LogP contribution >= 0.6 is 11.3 Å². The molecule has 0 aliphatic heterocycles. The number of aryl methyl sites for hydroxylation is 2. The van der Waals surface area contributed by atoms with Crippen molar-refractivity contribution in [2.75, 3.05) is 6.61 Å². The van der Waals surface area contributed by atoms with Crippen LogP contribution in [-0.2, 0) is 12.8 Å². The average molecular weight is 283 g/mol. The molecule has 1 unspecified atom stereocenters. The van der Waals surface area contributed by atoms with Crippen LogP contribution in [0.15, 0.2) is 6.07 Å². The molecule has 1 heterocycles. The Labute approximate surface area is 120 Å². The maximum absolute atomic E-state index is 12.3. The molecule has 0 radical (unpaired) electrons. The van der Waals surface area contributed by atoms with Crippen LogP contribution in [0, 0.1) is 0 Å². The number of thiophene rings is 1. The van der Waals surface area contributed by atoms with Gasteiger partial charge in [-0.05, 0) is 37.8 Å². The average Bonchev–Trinajstić information content (AvgIpc) is 2.82. The maximum atomic E-state index is 12.3. The number of hydrogen-bond acceptors (Lipinski definition) is 3. The van der Waals surface area contributed by atoms with Gasteiger partial charge >= 0.3 is 0 Å². The van der Waals surface area contributed by atoms with Crippen LogP contribution in [0.1, 0.15) is 60.6 Å². The van der Waals surface area contributed by atoms with Crippen LogP contribution in [0.2, 0.25) is 0 Å². The predicted molar refractivity (Wildman–Crippen MR) is 80.9 cm³/mol. The number of carbonyl (C=O) groups excluding carboxylic acids is 1. The molecule has 1 aromatic rings. The molecule has 0 saturated heterocycles. The molecule has 0 aliphatic carbocycles. The van der Waals surface area contributed by atoms with Crippen molar-refractivity contribution in [3.63, 3.8) is 0 Å². The van der Waals surface area contributed by atoms with E-state index < -0.39 is 5.54 Å². The lowest BCUT2D eigenvalue weighted by Gasteiger charge is -2.26. The molecule has 1 atom stereocenters. The first-order chi connectivity index (χ1) is 8.99. The lowest BCUT2D eigenvalue weighted by Crippen LogP contribution is -2.48. The van der Waals surface area contributed by atoms with Gasteiger partial charge in [-0.3, -0.25) is 4.79 Å². The number of aliphatic hydroxyl groups excluding tert-OH is 1. The Hall–Kier alpha value is -0.870. The molecule has 1 rings (SSSR count). The molecule has 1 amide bonds. The van der Waals surface area contributed by atoms with E-state index >= 15 is 0 Å². The second-order valence-corrected chi connectivity index (χ2v) is 6.33. The molecule has 19 heavy (non-hydrogen) atoms. The van der Waals surface area contributed by atoms with Crippen molar-refractivity contribution < 1.29 is 9.90 Å². The van der Waals surface area contributed by atoms with Gasteiger partial charge in [0, 0.05) is 4.88 Å². The minimum absolute atomic E-state index is 0.0386. The molecule has 0 saturated carbocycles. The number of carbonyl (C=O) groups is 1. The van der Waals surface area contributed by atoms with E-state index in [0.717, 1.165) is 24.1 Å². The molecule has 0 spiro atoms. The number of rotatable bonds is 7. The molecule has 3 nitrogen and oxygen atoms in total. The molecular formula is C15H25NO2S. The van der Waals surface area contributed by atoms with Crippen molar-refractivity contribution >= 4 is 17.2 Å². The highest BCUT2D eigenvalue weighted by Crippen LogP contribution is 2.25. The van der Waals surface area contributed by atoms with E-state index in [4.69, 9.17) is 0 Å². The molecule has 4 heteroatoms. The summed E-state index contributed by atoms with van der Waals surface area (Å²) in [7, 11) is 0. The van der Waals surface area contributed by atoms with Gasteiger partial charge in [-0.25, -0.2) is 0 Å². The summed E-state index contributed by atoms with van der Waals surface area (Å²) in [6, 6.07) is 2.00. The number of aliphatic hydroxyl groups is 1. The standard InChI is InChI=1S/C15H25NO2S/c1-5-8-12-11(6-2)9-13(19-12)14(18)16-15(4,7-3)10-17/h9,17H,5-8,10H2,1-4H3,(H,16,18). The van der Waals surface area contributed by atoms with Crippen LogP contribution in [0.4, 0.5) is 0 Å². The summed E-state index contributed by atoms with van der Waals surface area (Å²) < 4.78 is 0. The van der Waals surface area contributed by atoms with Crippen molar-refractivity contribution in [2.45, 2.75) is 58.9 Å². The zero-order valence-electron chi connectivity index (χ0n) is 12.4. The van der Waals surface area contributed by atoms with E-state index in [-0.39, 0.29) is 12.5 Å². The summed E-state index contributed by atoms with van der Waals surface area (Å²) in [5.41, 5.74) is 0.748. The van der Waals surface area contributed by atoms with Gasteiger partial charge < -0.3 is 10.4 Å². The van der Waals surface area contributed by atoms with Crippen LogP contribution in [0.25, 0.3) is 0 Å². The summed E-state index contributed by atoms with van der Waals surface area (Å²) in [6.07, 6.45) is 3.80. The van der Waals surface area contributed by atoms with E-state index in [9.17, 15) is 9.90 Å². The summed E-state index contributed by atoms with van der Waals surface area (Å²) in [5.74, 6) is -0.0690. The zero-order chi connectivity index (χ0) is 14.5. The van der Waals surface area contributed by atoms with Crippen LogP contribution in [-0.4, -0.2) is 23.2 Å². The molecule has 0 aromatic carbocycles. The zero-order valence-corrected chi connectivity index (χ0v) is 13.2. The molecule has 0 aliphatic rings. The summed E-state index contributed by atoms with van der Waals surface area (Å²) in [6.45, 7) is 8.06. The van der Waals surface area contributed by atoms with Gasteiger partial charge in [0.25, 0.3) is 5.91 Å². The van der Waals surface area contributed by atoms with Crippen molar-refractivity contribution in [3.05, 3.63) is 21.4 Å². The van der Waals surface area contributed by atoms with Gasteiger partial charge in [0.1, 0.15) is 0 Å². The predicted octanol–water partition coefficient (Wildman–Crippen LogP) is 3.15. The number of nitrogens with one attached hydrogen (secondary N) is 1. The number of hydrogen-bond donors (Lipinski definition) is 2. The van der Waals surface area contributed by atoms with Crippen molar-refractivity contribution in [2.24, 2.45) is 0 Å². The molecule has 1 aromatic heterocycles. The van der Waals surface area contributed by atoms with Crippen molar-refractivity contribution in [1.29, 1.82) is 0 Å². The minimum Gasteiger partial charge on any atom is -0.394 e. The Morgan fingerprint density at radius 3 is 2.58 bits per heavy atom. The smallest absolute Gasteiger partial charge is 0.261 e. The van der Waals surface area contributed by atoms with Crippen molar-refractivity contribution in [1.82, 2.24) is 5.32 Å². The first kappa shape index (κ1) is 16.2. The second kappa shape index (κ2) is 7.06. The maximum Gasteiger partial charge on any atom is 0.261 e. The highest BCUT2D eigenvalue weighted by Gasteiger charge is 2.25. The lowest BCUT2D eigenvalue weighted by atomic mass is 10.0. The monoisotopic (exact) mass is 283 g/mol. The van der Waals surface area contributed by atoms with Gasteiger partial charge in [-0.1, -0.05) is 27.2 Å². The summed E-state index contributed by atoms with van der Waals surface area (Å²) in [4.78, 5) is 14.3. The topological polar surface area (TPSA) is 49.3 Å². The molecular weight excluding hydrogens is 258 g/mol. The highest BCUT2D eigenvalue weighted by molar-refractivity contribution is 7.14. The van der Waals surface area contributed by atoms with E-state index in [1.54, 1.807) is 11.3 Å². The fraction of sp³-hybridized carbons (Fsp3) is 0.667. The van der Waals surface area contributed by atoms with Crippen LogP contribution < -0.4 is 5.32 Å². The van der Waals surface area contributed by atoms with E-state index in [2.05, 4.69) is 19.2 Å². The minimum atomic E-state index is -0.529. The lowest BCUT2D eigenvalue weighted by molar-refractivity contribution is 0.0851. The molecule has 108 valence electrons. The quantitative estimate of drug-likeness (QED) is 0.807. The molecule has 0 bridgehead atoms. The normalized spacial score (nSPS) is 14.2. The number of amides is 1. The third-order valence-electron chi connectivity index (χ3n) is 3.52. The largest absolute Gasteiger partial charge is 0.394 e. The van der Waals surface area contributed by atoms with Gasteiger partial charge in [-0.15, -0.1) is 11.3 Å². The highest BCUT2D eigenvalue weighted by atomic mass is 32.1. The van der Waals surface area contributed by atoms with Gasteiger partial charge in [-0.2, -0.15) is 0 Å². The Morgan fingerprint density at radius 2 is 2.11 bits per heavy atom. The Balaban J connectivity index is 2.88. The van der Waals surface area contributed by atoms with E-state index in [1.165, 1.54) is 10.4 Å². The van der Waals surface area contributed by atoms with Gasteiger partial charge in [0.15, 0.2) is 0 Å². The Bertz CT molecular complexity index is 422. The Kier molecular flexibility index (Phi) is 6.01. The fourth-order valence-corrected chi connectivity index (χ4v) is 3.14. The molecule has 2 N–H and O–H groups in total. The fourth-order valence-electron chi connectivity index (χ4n) is 1.89.